The summed E-state index contributed by atoms with van der Waals surface area (Å²) in [5.74, 6) is 0. The van der Waals surface area contributed by atoms with Gasteiger partial charge >= 0.3 is 0 Å². The number of methoxy groups -OCH3 is 1. The van der Waals surface area contributed by atoms with E-state index in [1.807, 2.05) is 0 Å². The van der Waals surface area contributed by atoms with E-state index in [-0.39, 0.29) is 6.04 Å². The molecule has 3 nitrogen and oxygen atoms in total. The first-order chi connectivity index (χ1) is 9.13. The molecule has 0 spiro atoms. The zero-order valence-electron chi connectivity index (χ0n) is 12.7. The van der Waals surface area contributed by atoms with E-state index in [9.17, 15) is 0 Å². The maximum atomic E-state index is 6.04. The molecule has 0 bridgehead atoms. The third kappa shape index (κ3) is 4.60. The van der Waals surface area contributed by atoms with Gasteiger partial charge in [0.1, 0.15) is 0 Å². The smallest absolute Gasteiger partial charge is 0.0590 e. The van der Waals surface area contributed by atoms with Gasteiger partial charge in [-0.15, -0.1) is 0 Å². The summed E-state index contributed by atoms with van der Waals surface area (Å²) in [6, 6.07) is 9.42. The van der Waals surface area contributed by atoms with Crippen molar-refractivity contribution in [3.8, 4) is 0 Å². The van der Waals surface area contributed by atoms with Crippen molar-refractivity contribution in [1.82, 2.24) is 4.90 Å². The fourth-order valence-electron chi connectivity index (χ4n) is 2.45. The molecule has 0 aliphatic carbocycles. The fraction of sp³-hybridized carbons (Fsp3) is 0.625. The van der Waals surface area contributed by atoms with Gasteiger partial charge in [-0.1, -0.05) is 36.8 Å². The number of nitrogens with two attached hydrogens (primary N) is 1. The zero-order chi connectivity index (χ0) is 14.3. The Hall–Kier alpha value is -0.900. The second-order valence-corrected chi connectivity index (χ2v) is 5.15. The largest absolute Gasteiger partial charge is 0.383 e. The van der Waals surface area contributed by atoms with Crippen LogP contribution in [0.1, 0.15) is 37.4 Å². The third-order valence-corrected chi connectivity index (χ3v) is 3.76. The average molecular weight is 264 g/mol. The molecule has 108 valence electrons. The number of ether oxygens (including phenoxy) is 1. The van der Waals surface area contributed by atoms with E-state index in [1.165, 1.54) is 11.1 Å². The molecule has 19 heavy (non-hydrogen) atoms. The normalized spacial score (nSPS) is 14.6. The molecule has 0 saturated heterocycles. The van der Waals surface area contributed by atoms with Crippen molar-refractivity contribution >= 4 is 0 Å². The average Bonchev–Trinajstić information content (AvgIpc) is 2.42. The van der Waals surface area contributed by atoms with Gasteiger partial charge in [-0.25, -0.2) is 0 Å². The summed E-state index contributed by atoms with van der Waals surface area (Å²) in [6.07, 6.45) is 1.12. The lowest BCUT2D eigenvalue weighted by Gasteiger charge is -2.36. The highest BCUT2D eigenvalue weighted by Gasteiger charge is 2.22. The Morgan fingerprint density at radius 1 is 1.37 bits per heavy atom. The highest BCUT2D eigenvalue weighted by atomic mass is 16.5. The Morgan fingerprint density at radius 2 is 2.11 bits per heavy atom. The number of rotatable bonds is 8. The molecule has 2 atom stereocenters. The van der Waals surface area contributed by atoms with Crippen molar-refractivity contribution in [3.05, 3.63) is 35.4 Å². The maximum absolute atomic E-state index is 6.04. The molecule has 1 aromatic rings. The monoisotopic (exact) mass is 264 g/mol. The van der Waals surface area contributed by atoms with Gasteiger partial charge in [0.2, 0.25) is 0 Å². The van der Waals surface area contributed by atoms with Crippen molar-refractivity contribution < 1.29 is 4.74 Å². The van der Waals surface area contributed by atoms with Crippen LogP contribution >= 0.6 is 0 Å². The molecular weight excluding hydrogens is 236 g/mol. The molecule has 1 aromatic carbocycles. The lowest BCUT2D eigenvalue weighted by atomic mass is 10.0. The molecule has 0 aromatic heterocycles. The summed E-state index contributed by atoms with van der Waals surface area (Å²) in [4.78, 5) is 2.46. The highest BCUT2D eigenvalue weighted by Crippen LogP contribution is 2.23. The van der Waals surface area contributed by atoms with Gasteiger partial charge in [0.15, 0.2) is 0 Å². The van der Waals surface area contributed by atoms with Crippen LogP contribution in [0.15, 0.2) is 24.3 Å². The first-order valence-electron chi connectivity index (χ1n) is 7.15. The summed E-state index contributed by atoms with van der Waals surface area (Å²) in [6.45, 7) is 8.90. The highest BCUT2D eigenvalue weighted by molar-refractivity contribution is 5.25. The molecule has 0 aliphatic heterocycles. The van der Waals surface area contributed by atoms with Crippen LogP contribution in [0, 0.1) is 6.92 Å². The quantitative estimate of drug-likeness (QED) is 0.784. The summed E-state index contributed by atoms with van der Waals surface area (Å²) >= 11 is 0. The van der Waals surface area contributed by atoms with Crippen LogP contribution in [-0.4, -0.2) is 37.7 Å². The van der Waals surface area contributed by atoms with Crippen LogP contribution in [0.3, 0.4) is 0 Å². The molecule has 1 rings (SSSR count). The van der Waals surface area contributed by atoms with Crippen LogP contribution in [0.2, 0.25) is 0 Å². The standard InChI is InChI=1S/C16H28N2O/c1-5-14(3)18(9-10-19-4)16(12-17)15-8-6-7-13(2)11-15/h6-8,11,14,16H,5,9-10,12,17H2,1-4H3. The van der Waals surface area contributed by atoms with Crippen LogP contribution in [0.4, 0.5) is 0 Å². The Morgan fingerprint density at radius 3 is 2.63 bits per heavy atom. The fourth-order valence-corrected chi connectivity index (χ4v) is 2.45. The predicted octanol–water partition coefficient (Wildman–Crippen LogP) is 2.74. The summed E-state index contributed by atoms with van der Waals surface area (Å²) in [5, 5.41) is 0. The second kappa shape index (κ2) is 8.31. The molecule has 2 unspecified atom stereocenters. The number of benzene rings is 1. The SMILES string of the molecule is CCC(C)N(CCOC)C(CN)c1cccc(C)c1. The molecule has 0 saturated carbocycles. The Balaban J connectivity index is 2.94. The molecule has 2 N–H and O–H groups in total. The van der Waals surface area contributed by atoms with E-state index in [0.29, 0.717) is 12.6 Å². The van der Waals surface area contributed by atoms with E-state index in [1.54, 1.807) is 7.11 Å². The minimum Gasteiger partial charge on any atom is -0.383 e. The molecule has 0 radical (unpaired) electrons. The zero-order valence-corrected chi connectivity index (χ0v) is 12.7. The van der Waals surface area contributed by atoms with Gasteiger partial charge in [-0.3, -0.25) is 4.90 Å². The van der Waals surface area contributed by atoms with E-state index in [2.05, 4.69) is 49.9 Å². The van der Waals surface area contributed by atoms with Crippen LogP contribution in [0.5, 0.6) is 0 Å². The minimum atomic E-state index is 0.269. The summed E-state index contributed by atoms with van der Waals surface area (Å²) in [5.41, 5.74) is 8.63. The number of hydrogen-bond donors (Lipinski definition) is 1. The van der Waals surface area contributed by atoms with Gasteiger partial charge in [-0.05, 0) is 25.8 Å². The van der Waals surface area contributed by atoms with Crippen LogP contribution in [0.25, 0.3) is 0 Å². The Kier molecular flexibility index (Phi) is 7.06. The first kappa shape index (κ1) is 16.2. The van der Waals surface area contributed by atoms with Crippen LogP contribution < -0.4 is 5.73 Å². The number of hydrogen-bond acceptors (Lipinski definition) is 3. The lowest BCUT2D eigenvalue weighted by molar-refractivity contribution is 0.0902. The minimum absolute atomic E-state index is 0.269. The van der Waals surface area contributed by atoms with Crippen molar-refractivity contribution in [3.63, 3.8) is 0 Å². The number of nitrogens with zero attached hydrogens (tertiary/aromatic N) is 1. The Bertz CT molecular complexity index is 368. The summed E-state index contributed by atoms with van der Waals surface area (Å²) < 4.78 is 5.24. The van der Waals surface area contributed by atoms with E-state index in [0.717, 1.165) is 19.6 Å². The van der Waals surface area contributed by atoms with E-state index in [4.69, 9.17) is 10.5 Å². The first-order valence-corrected chi connectivity index (χ1v) is 7.15. The predicted molar refractivity (Wildman–Crippen MR) is 81.3 cm³/mol. The maximum Gasteiger partial charge on any atom is 0.0590 e. The topological polar surface area (TPSA) is 38.5 Å². The third-order valence-electron chi connectivity index (χ3n) is 3.76. The van der Waals surface area contributed by atoms with E-state index < -0.39 is 0 Å². The van der Waals surface area contributed by atoms with Crippen molar-refractivity contribution in [2.75, 3.05) is 26.8 Å². The van der Waals surface area contributed by atoms with Gasteiger partial charge in [0, 0.05) is 32.3 Å². The van der Waals surface area contributed by atoms with Crippen molar-refractivity contribution in [2.45, 2.75) is 39.3 Å². The van der Waals surface area contributed by atoms with E-state index >= 15 is 0 Å². The number of aryl methyl sites for hydroxylation is 1. The van der Waals surface area contributed by atoms with Gasteiger partial charge < -0.3 is 10.5 Å². The molecule has 0 amide bonds. The van der Waals surface area contributed by atoms with Crippen molar-refractivity contribution in [1.29, 1.82) is 0 Å². The lowest BCUT2D eigenvalue weighted by Crippen LogP contribution is -2.41. The van der Waals surface area contributed by atoms with Gasteiger partial charge in [0.05, 0.1) is 6.61 Å². The molecule has 0 heterocycles. The Labute approximate surface area is 117 Å². The summed E-state index contributed by atoms with van der Waals surface area (Å²) in [7, 11) is 1.75. The van der Waals surface area contributed by atoms with Crippen LogP contribution in [-0.2, 0) is 4.74 Å². The molecule has 0 aliphatic rings. The van der Waals surface area contributed by atoms with Crippen molar-refractivity contribution in [2.24, 2.45) is 5.73 Å². The second-order valence-electron chi connectivity index (χ2n) is 5.15. The molecule has 0 fully saturated rings. The van der Waals surface area contributed by atoms with Gasteiger partial charge in [-0.2, -0.15) is 0 Å². The molecule has 3 heteroatoms. The molecular formula is C16H28N2O. The van der Waals surface area contributed by atoms with Gasteiger partial charge in [0.25, 0.3) is 0 Å².